The Kier molecular flexibility index (Phi) is 5.03. The maximum absolute atomic E-state index is 11.9. The summed E-state index contributed by atoms with van der Waals surface area (Å²) in [5, 5.41) is 0. The van der Waals surface area contributed by atoms with Crippen LogP contribution in [0, 0.1) is 0 Å². The summed E-state index contributed by atoms with van der Waals surface area (Å²) >= 11 is 0. The molecule has 3 rings (SSSR count). The molecule has 0 bridgehead atoms. The third-order valence-electron chi connectivity index (χ3n) is 3.96. The van der Waals surface area contributed by atoms with Gasteiger partial charge in [-0.1, -0.05) is 24.3 Å². The summed E-state index contributed by atoms with van der Waals surface area (Å²) in [6, 6.07) is 11.0. The number of ether oxygens (including phenoxy) is 2. The van der Waals surface area contributed by atoms with Gasteiger partial charge in [-0.2, -0.15) is 0 Å². The Balaban J connectivity index is 2.02. The SMILES string of the molecule is COC(=O)c1cnccc1-c1ccc(-c2ccncc2C(=O)OC)cc1. The molecule has 3 aromatic rings. The van der Waals surface area contributed by atoms with Gasteiger partial charge in [0.15, 0.2) is 0 Å². The van der Waals surface area contributed by atoms with E-state index in [4.69, 9.17) is 9.47 Å². The largest absolute Gasteiger partial charge is 0.465 e. The van der Waals surface area contributed by atoms with Gasteiger partial charge in [0.25, 0.3) is 0 Å². The highest BCUT2D eigenvalue weighted by molar-refractivity contribution is 5.98. The van der Waals surface area contributed by atoms with Crippen molar-refractivity contribution in [2.75, 3.05) is 14.2 Å². The number of benzene rings is 1. The first-order chi connectivity index (χ1) is 12.7. The minimum atomic E-state index is -0.445. The van der Waals surface area contributed by atoms with Gasteiger partial charge in [-0.3, -0.25) is 9.97 Å². The standard InChI is InChI=1S/C20H16N2O4/c1-25-19(23)17-11-21-9-7-15(17)13-3-5-14(6-4-13)16-8-10-22-12-18(16)20(24)26-2/h3-12H,1-2H3. The third kappa shape index (κ3) is 3.30. The average Bonchev–Trinajstić information content (AvgIpc) is 2.72. The summed E-state index contributed by atoms with van der Waals surface area (Å²) in [5.74, 6) is -0.890. The van der Waals surface area contributed by atoms with Gasteiger partial charge in [0, 0.05) is 24.8 Å². The monoisotopic (exact) mass is 348 g/mol. The molecule has 26 heavy (non-hydrogen) atoms. The summed E-state index contributed by atoms with van der Waals surface area (Å²) in [4.78, 5) is 31.8. The van der Waals surface area contributed by atoms with Crippen LogP contribution in [0.5, 0.6) is 0 Å². The molecule has 0 N–H and O–H groups in total. The molecule has 6 nitrogen and oxygen atoms in total. The van der Waals surface area contributed by atoms with Crippen molar-refractivity contribution in [1.82, 2.24) is 9.97 Å². The fraction of sp³-hybridized carbons (Fsp3) is 0.100. The fourth-order valence-electron chi connectivity index (χ4n) is 2.67. The number of carbonyl (C=O) groups excluding carboxylic acids is 2. The lowest BCUT2D eigenvalue weighted by molar-refractivity contribution is 0.0592. The average molecular weight is 348 g/mol. The van der Waals surface area contributed by atoms with Crippen molar-refractivity contribution in [3.05, 3.63) is 72.3 Å². The van der Waals surface area contributed by atoms with Crippen molar-refractivity contribution in [2.24, 2.45) is 0 Å². The Morgan fingerprint density at radius 3 is 1.42 bits per heavy atom. The van der Waals surface area contributed by atoms with Crippen molar-refractivity contribution in [3.8, 4) is 22.3 Å². The van der Waals surface area contributed by atoms with Gasteiger partial charge in [0.2, 0.25) is 0 Å². The minimum Gasteiger partial charge on any atom is -0.465 e. The lowest BCUT2D eigenvalue weighted by Crippen LogP contribution is -2.04. The van der Waals surface area contributed by atoms with Crippen LogP contribution in [-0.4, -0.2) is 36.1 Å². The summed E-state index contributed by atoms with van der Waals surface area (Å²) in [6.45, 7) is 0. The second-order valence-electron chi connectivity index (χ2n) is 5.40. The third-order valence-corrected chi connectivity index (χ3v) is 3.96. The number of aromatic nitrogens is 2. The van der Waals surface area contributed by atoms with Gasteiger partial charge < -0.3 is 9.47 Å². The van der Waals surface area contributed by atoms with Crippen LogP contribution in [0.15, 0.2) is 61.2 Å². The first-order valence-electron chi connectivity index (χ1n) is 7.81. The lowest BCUT2D eigenvalue weighted by Gasteiger charge is -2.10. The first-order valence-corrected chi connectivity index (χ1v) is 7.81. The molecule has 0 amide bonds. The van der Waals surface area contributed by atoms with Crippen LogP contribution in [0.3, 0.4) is 0 Å². The van der Waals surface area contributed by atoms with Crippen LogP contribution in [0.4, 0.5) is 0 Å². The predicted molar refractivity (Wildman–Crippen MR) is 95.6 cm³/mol. The Morgan fingerprint density at radius 1 is 0.692 bits per heavy atom. The summed E-state index contributed by atoms with van der Waals surface area (Å²) < 4.78 is 9.62. The highest BCUT2D eigenvalue weighted by atomic mass is 16.5. The molecule has 2 aromatic heterocycles. The Hall–Kier alpha value is -3.54. The van der Waals surface area contributed by atoms with E-state index in [2.05, 4.69) is 9.97 Å². The number of methoxy groups -OCH3 is 2. The molecule has 0 aliphatic rings. The van der Waals surface area contributed by atoms with E-state index in [9.17, 15) is 9.59 Å². The number of hydrogen-bond acceptors (Lipinski definition) is 6. The van der Waals surface area contributed by atoms with Crippen molar-refractivity contribution in [1.29, 1.82) is 0 Å². The molecule has 0 fully saturated rings. The molecule has 1 aromatic carbocycles. The number of hydrogen-bond donors (Lipinski definition) is 0. The molecule has 0 radical (unpaired) electrons. The molecule has 130 valence electrons. The molecule has 0 aliphatic heterocycles. The zero-order valence-corrected chi connectivity index (χ0v) is 14.3. The molecule has 0 spiro atoms. The number of pyridine rings is 2. The van der Waals surface area contributed by atoms with Crippen LogP contribution in [0.1, 0.15) is 20.7 Å². The van der Waals surface area contributed by atoms with Crippen LogP contribution in [-0.2, 0) is 9.47 Å². The smallest absolute Gasteiger partial charge is 0.340 e. The second-order valence-corrected chi connectivity index (χ2v) is 5.40. The van der Waals surface area contributed by atoms with E-state index in [1.165, 1.54) is 26.6 Å². The molecule has 0 aliphatic carbocycles. The maximum Gasteiger partial charge on any atom is 0.340 e. The molecule has 0 saturated heterocycles. The van der Waals surface area contributed by atoms with Crippen LogP contribution in [0.25, 0.3) is 22.3 Å². The van der Waals surface area contributed by atoms with Gasteiger partial charge in [-0.25, -0.2) is 9.59 Å². The number of carbonyl (C=O) groups is 2. The van der Waals surface area contributed by atoms with Crippen LogP contribution in [0.2, 0.25) is 0 Å². The van der Waals surface area contributed by atoms with Gasteiger partial charge in [-0.15, -0.1) is 0 Å². The summed E-state index contributed by atoms with van der Waals surface area (Å²) in [6.07, 6.45) is 6.20. The van der Waals surface area contributed by atoms with Gasteiger partial charge in [-0.05, 0) is 34.4 Å². The quantitative estimate of drug-likeness (QED) is 0.673. The molecular weight excluding hydrogens is 332 g/mol. The summed E-state index contributed by atoms with van der Waals surface area (Å²) in [7, 11) is 2.67. The van der Waals surface area contributed by atoms with Crippen molar-refractivity contribution in [3.63, 3.8) is 0 Å². The zero-order valence-electron chi connectivity index (χ0n) is 14.3. The topological polar surface area (TPSA) is 78.4 Å². The van der Waals surface area contributed by atoms with E-state index in [1.807, 2.05) is 24.3 Å². The van der Waals surface area contributed by atoms with E-state index in [1.54, 1.807) is 24.5 Å². The van der Waals surface area contributed by atoms with E-state index >= 15 is 0 Å². The van der Waals surface area contributed by atoms with E-state index in [-0.39, 0.29) is 0 Å². The second kappa shape index (κ2) is 7.57. The Labute approximate surface area is 150 Å². The first kappa shape index (κ1) is 17.3. The van der Waals surface area contributed by atoms with Crippen LogP contribution >= 0.6 is 0 Å². The van der Waals surface area contributed by atoms with Gasteiger partial charge in [0.1, 0.15) is 0 Å². The van der Waals surface area contributed by atoms with Crippen molar-refractivity contribution < 1.29 is 19.1 Å². The van der Waals surface area contributed by atoms with Crippen LogP contribution < -0.4 is 0 Å². The molecule has 0 atom stereocenters. The normalized spacial score (nSPS) is 10.2. The van der Waals surface area contributed by atoms with Gasteiger partial charge >= 0.3 is 11.9 Å². The molecule has 0 saturated carbocycles. The Bertz CT molecular complexity index is 874. The molecular formula is C20H16N2O4. The molecule has 6 heteroatoms. The van der Waals surface area contributed by atoms with Crippen molar-refractivity contribution in [2.45, 2.75) is 0 Å². The molecule has 0 unspecified atom stereocenters. The van der Waals surface area contributed by atoms with E-state index in [0.717, 1.165) is 22.3 Å². The number of nitrogens with zero attached hydrogens (tertiary/aromatic N) is 2. The van der Waals surface area contributed by atoms with Crippen molar-refractivity contribution >= 4 is 11.9 Å². The number of rotatable bonds is 4. The minimum absolute atomic E-state index is 0.391. The highest BCUT2D eigenvalue weighted by Crippen LogP contribution is 2.28. The van der Waals surface area contributed by atoms with E-state index < -0.39 is 11.9 Å². The summed E-state index contributed by atoms with van der Waals surface area (Å²) in [5.41, 5.74) is 3.90. The fourth-order valence-corrected chi connectivity index (χ4v) is 2.67. The highest BCUT2D eigenvalue weighted by Gasteiger charge is 2.15. The zero-order chi connectivity index (χ0) is 18.5. The lowest BCUT2D eigenvalue weighted by atomic mass is 9.97. The maximum atomic E-state index is 11.9. The predicted octanol–water partition coefficient (Wildman–Crippen LogP) is 3.38. The molecule has 2 heterocycles. The Morgan fingerprint density at radius 2 is 1.08 bits per heavy atom. The van der Waals surface area contributed by atoms with E-state index in [0.29, 0.717) is 11.1 Å². The number of esters is 2. The van der Waals surface area contributed by atoms with Gasteiger partial charge in [0.05, 0.1) is 25.3 Å².